The monoisotopic (exact) mass is 492 g/mol. The van der Waals surface area contributed by atoms with Gasteiger partial charge in [0.1, 0.15) is 48.8 Å². The number of hydrogen-bond acceptors (Lipinski definition) is 13. The van der Waals surface area contributed by atoms with Crippen LogP contribution in [0.25, 0.3) is 0 Å². The van der Waals surface area contributed by atoms with Crippen LogP contribution in [0.15, 0.2) is 18.2 Å². The van der Waals surface area contributed by atoms with Gasteiger partial charge in [0.2, 0.25) is 0 Å². The molecule has 194 valence electrons. The molecule has 13 nitrogen and oxygen atoms in total. The first-order valence-corrected chi connectivity index (χ1v) is 10.8. The molecule has 1 aromatic rings. The number of rotatable bonds is 9. The minimum absolute atomic E-state index is 0.0223. The lowest BCUT2D eigenvalue weighted by atomic mass is 9.97. The molecule has 8 N–H and O–H groups in total. The number of hydrogen-bond donors (Lipinski definition) is 8. The highest BCUT2D eigenvalue weighted by molar-refractivity contribution is 5.41. The number of ether oxygens (including phenoxy) is 5. The van der Waals surface area contributed by atoms with Crippen LogP contribution in [0.4, 0.5) is 0 Å². The number of aliphatic hydroxyl groups is 7. The summed E-state index contributed by atoms with van der Waals surface area (Å²) in [7, 11) is 1.42. The number of phenols is 1. The lowest BCUT2D eigenvalue weighted by Gasteiger charge is -2.45. The minimum Gasteiger partial charge on any atom is -0.504 e. The molecule has 2 aliphatic heterocycles. The van der Waals surface area contributed by atoms with Gasteiger partial charge in [-0.25, -0.2) is 0 Å². The minimum atomic E-state index is -1.75. The van der Waals surface area contributed by atoms with Crippen molar-refractivity contribution in [3.63, 3.8) is 0 Å². The fourth-order valence-electron chi connectivity index (χ4n) is 3.87. The largest absolute Gasteiger partial charge is 0.504 e. The highest BCUT2D eigenvalue weighted by Gasteiger charge is 2.50. The molecule has 1 aromatic carbocycles. The molecular formula is C21H32O13. The van der Waals surface area contributed by atoms with Crippen molar-refractivity contribution >= 4 is 0 Å². The normalized spacial score (nSPS) is 38.6. The SMILES string of the molecule is COc1ccc(CCO[C@@H]2O[C@H](CO)[C@@H](O)[C@H](O[C@H]3O[C@@H](CO)[C@H](O)[C@H](O)[C@H]3O)[C@H]2O)cc1O. The van der Waals surface area contributed by atoms with E-state index in [1.54, 1.807) is 12.1 Å². The smallest absolute Gasteiger partial charge is 0.187 e. The average molecular weight is 492 g/mol. The van der Waals surface area contributed by atoms with Gasteiger partial charge in [-0.15, -0.1) is 0 Å². The molecule has 2 saturated heterocycles. The molecule has 0 amide bonds. The Morgan fingerprint density at radius 3 is 2.09 bits per heavy atom. The van der Waals surface area contributed by atoms with Crippen LogP contribution in [-0.4, -0.2) is 129 Å². The van der Waals surface area contributed by atoms with Crippen LogP contribution in [-0.2, 0) is 25.4 Å². The van der Waals surface area contributed by atoms with Crippen LogP contribution >= 0.6 is 0 Å². The molecule has 3 rings (SSSR count). The Balaban J connectivity index is 1.65. The molecule has 2 heterocycles. The summed E-state index contributed by atoms with van der Waals surface area (Å²) in [5, 5.41) is 80.0. The van der Waals surface area contributed by atoms with Gasteiger partial charge in [-0.1, -0.05) is 6.07 Å². The zero-order valence-corrected chi connectivity index (χ0v) is 18.5. The zero-order valence-electron chi connectivity index (χ0n) is 18.5. The lowest BCUT2D eigenvalue weighted by Crippen LogP contribution is -2.64. The predicted molar refractivity (Wildman–Crippen MR) is 111 cm³/mol. The van der Waals surface area contributed by atoms with Crippen LogP contribution in [0.5, 0.6) is 11.5 Å². The summed E-state index contributed by atoms with van der Waals surface area (Å²) in [4.78, 5) is 0. The van der Waals surface area contributed by atoms with Crippen LogP contribution in [0, 0.1) is 0 Å². The first-order valence-electron chi connectivity index (χ1n) is 10.8. The van der Waals surface area contributed by atoms with Crippen molar-refractivity contribution in [1.82, 2.24) is 0 Å². The van der Waals surface area contributed by atoms with Gasteiger partial charge in [-0.05, 0) is 24.1 Å². The van der Waals surface area contributed by atoms with E-state index in [0.717, 1.165) is 0 Å². The van der Waals surface area contributed by atoms with E-state index in [9.17, 15) is 40.9 Å². The quantitative estimate of drug-likeness (QED) is 0.169. The summed E-state index contributed by atoms with van der Waals surface area (Å²) >= 11 is 0. The lowest BCUT2D eigenvalue weighted by molar-refractivity contribution is -0.360. The van der Waals surface area contributed by atoms with E-state index < -0.39 is 74.6 Å². The van der Waals surface area contributed by atoms with Gasteiger partial charge in [0.15, 0.2) is 24.1 Å². The van der Waals surface area contributed by atoms with Gasteiger partial charge >= 0.3 is 0 Å². The Hall–Kier alpha value is -1.62. The third kappa shape index (κ3) is 5.78. The molecule has 0 saturated carbocycles. The summed E-state index contributed by atoms with van der Waals surface area (Å²) < 4.78 is 26.8. The topological polar surface area (TPSA) is 208 Å². The van der Waals surface area contributed by atoms with E-state index in [0.29, 0.717) is 17.7 Å². The molecule has 0 radical (unpaired) electrons. The molecule has 0 aromatic heterocycles. The van der Waals surface area contributed by atoms with Crippen LogP contribution < -0.4 is 4.74 Å². The van der Waals surface area contributed by atoms with Crippen LogP contribution in [0.1, 0.15) is 5.56 Å². The van der Waals surface area contributed by atoms with Crippen molar-refractivity contribution in [2.75, 3.05) is 26.9 Å². The van der Waals surface area contributed by atoms with Gasteiger partial charge in [-0.3, -0.25) is 0 Å². The predicted octanol–water partition coefficient (Wildman–Crippen LogP) is -3.42. The fraction of sp³-hybridized carbons (Fsp3) is 0.714. The Morgan fingerprint density at radius 2 is 1.47 bits per heavy atom. The summed E-state index contributed by atoms with van der Waals surface area (Å²) in [5.41, 5.74) is 0.705. The van der Waals surface area contributed by atoms with E-state index in [-0.39, 0.29) is 12.4 Å². The van der Waals surface area contributed by atoms with Gasteiger partial charge in [0.25, 0.3) is 0 Å². The molecule has 34 heavy (non-hydrogen) atoms. The van der Waals surface area contributed by atoms with E-state index in [1.165, 1.54) is 13.2 Å². The molecule has 0 bridgehead atoms. The molecule has 0 spiro atoms. The van der Waals surface area contributed by atoms with Crippen molar-refractivity contribution in [2.45, 2.75) is 67.8 Å². The molecular weight excluding hydrogens is 460 g/mol. The maximum Gasteiger partial charge on any atom is 0.187 e. The number of methoxy groups -OCH3 is 1. The molecule has 2 fully saturated rings. The molecule has 0 aliphatic carbocycles. The van der Waals surface area contributed by atoms with Crippen molar-refractivity contribution in [1.29, 1.82) is 0 Å². The zero-order chi connectivity index (χ0) is 25.0. The average Bonchev–Trinajstić information content (AvgIpc) is 2.83. The van der Waals surface area contributed by atoms with E-state index >= 15 is 0 Å². The summed E-state index contributed by atoms with van der Waals surface area (Å²) in [6.07, 6.45) is -14.8. The highest BCUT2D eigenvalue weighted by atomic mass is 16.7. The van der Waals surface area contributed by atoms with E-state index in [4.69, 9.17) is 23.7 Å². The first-order chi connectivity index (χ1) is 16.2. The van der Waals surface area contributed by atoms with Gasteiger partial charge < -0.3 is 64.5 Å². The highest BCUT2D eigenvalue weighted by Crippen LogP contribution is 2.30. The second kappa shape index (κ2) is 11.9. The Bertz CT molecular complexity index is 777. The Morgan fingerprint density at radius 1 is 0.824 bits per heavy atom. The molecule has 0 unspecified atom stereocenters. The van der Waals surface area contributed by atoms with Crippen molar-refractivity contribution < 1.29 is 64.5 Å². The maximum absolute atomic E-state index is 10.7. The fourth-order valence-corrected chi connectivity index (χ4v) is 3.87. The third-order valence-electron chi connectivity index (χ3n) is 5.88. The second-order valence-corrected chi connectivity index (χ2v) is 8.13. The van der Waals surface area contributed by atoms with Gasteiger partial charge in [0.05, 0.1) is 26.9 Å². The first kappa shape index (κ1) is 27.0. The summed E-state index contributed by atoms with van der Waals surface area (Å²) in [6.45, 7) is -1.31. The number of aliphatic hydroxyl groups excluding tert-OH is 7. The summed E-state index contributed by atoms with van der Waals surface area (Å²) in [5.74, 6) is 0.258. The van der Waals surface area contributed by atoms with Crippen molar-refractivity contribution in [2.24, 2.45) is 0 Å². The standard InChI is InChI=1S/C21H32O13/c1-30-11-3-2-9(6-10(11)24)4-5-31-20-18(29)19(15(26)13(8-23)32-20)34-21-17(28)16(27)14(25)12(7-22)33-21/h2-3,6,12-29H,4-5,7-8H2,1H3/t12-,13+,14-,15+,16-,17+,18+,19-,20+,21+/m0/s1. The number of phenolic OH excluding ortho intramolecular Hbond substituents is 1. The molecule has 13 heteroatoms. The van der Waals surface area contributed by atoms with Crippen molar-refractivity contribution in [3.8, 4) is 11.5 Å². The molecule has 10 atom stereocenters. The molecule has 2 aliphatic rings. The third-order valence-corrected chi connectivity index (χ3v) is 5.88. The summed E-state index contributed by atoms with van der Waals surface area (Å²) in [6, 6.07) is 4.79. The van der Waals surface area contributed by atoms with Crippen LogP contribution in [0.3, 0.4) is 0 Å². The Kier molecular flexibility index (Phi) is 9.42. The van der Waals surface area contributed by atoms with Gasteiger partial charge in [-0.2, -0.15) is 0 Å². The van der Waals surface area contributed by atoms with E-state index in [1.807, 2.05) is 0 Å². The van der Waals surface area contributed by atoms with Crippen LogP contribution in [0.2, 0.25) is 0 Å². The number of benzene rings is 1. The second-order valence-electron chi connectivity index (χ2n) is 8.13. The Labute approximate surface area is 195 Å². The van der Waals surface area contributed by atoms with Crippen molar-refractivity contribution in [3.05, 3.63) is 23.8 Å². The van der Waals surface area contributed by atoms with E-state index in [2.05, 4.69) is 0 Å². The number of aromatic hydroxyl groups is 1. The maximum atomic E-state index is 10.7. The van der Waals surface area contributed by atoms with Gasteiger partial charge in [0, 0.05) is 0 Å².